The molecule has 6 heteroatoms. The Kier molecular flexibility index (Phi) is 5.95. The van der Waals surface area contributed by atoms with E-state index in [0.29, 0.717) is 24.4 Å². The minimum atomic E-state index is -1.24. The van der Waals surface area contributed by atoms with Gasteiger partial charge in [-0.25, -0.2) is 4.39 Å². The minimum absolute atomic E-state index is 0.108. The molecule has 2 fully saturated rings. The number of halogens is 1. The van der Waals surface area contributed by atoms with Crippen LogP contribution in [0.25, 0.3) is 0 Å². The summed E-state index contributed by atoms with van der Waals surface area (Å²) in [5.41, 5.74) is 0.584. The first kappa shape index (κ1) is 20.4. The minimum Gasteiger partial charge on any atom is -0.611 e. The molecule has 0 N–H and O–H groups in total. The van der Waals surface area contributed by atoms with Crippen molar-refractivity contribution in [2.24, 2.45) is 0 Å². The van der Waals surface area contributed by atoms with Crippen LogP contribution >= 0.6 is 0 Å². The number of hydrogen-bond acceptors (Lipinski definition) is 3. The Labute approximate surface area is 174 Å². The van der Waals surface area contributed by atoms with Crippen molar-refractivity contribution >= 4 is 17.1 Å². The zero-order chi connectivity index (χ0) is 20.4. The van der Waals surface area contributed by atoms with Crippen LogP contribution in [0.15, 0.2) is 59.5 Å². The zero-order valence-corrected chi connectivity index (χ0v) is 17.5. The quantitative estimate of drug-likeness (QED) is 0.722. The highest BCUT2D eigenvalue weighted by Gasteiger charge is 2.47. The predicted molar refractivity (Wildman–Crippen MR) is 113 cm³/mol. The molecule has 2 unspecified atom stereocenters. The Morgan fingerprint density at radius 3 is 2.38 bits per heavy atom. The molecule has 154 valence electrons. The van der Waals surface area contributed by atoms with Gasteiger partial charge >= 0.3 is 0 Å². The van der Waals surface area contributed by atoms with E-state index in [1.165, 1.54) is 12.1 Å². The fourth-order valence-corrected chi connectivity index (χ4v) is 5.96. The highest BCUT2D eigenvalue weighted by atomic mass is 32.2. The van der Waals surface area contributed by atoms with Crippen LogP contribution in [-0.4, -0.2) is 58.7 Å². The molecule has 2 heterocycles. The van der Waals surface area contributed by atoms with Crippen molar-refractivity contribution in [2.45, 2.75) is 34.8 Å². The van der Waals surface area contributed by atoms with Gasteiger partial charge in [0, 0.05) is 13.0 Å². The third-order valence-corrected chi connectivity index (χ3v) is 8.08. The molecule has 2 saturated heterocycles. The Hall–Kier alpha value is -1.89. The monoisotopic (exact) mass is 414 g/mol. The van der Waals surface area contributed by atoms with Crippen LogP contribution in [0.3, 0.4) is 0 Å². The summed E-state index contributed by atoms with van der Waals surface area (Å²) >= 11 is -1.24. The summed E-state index contributed by atoms with van der Waals surface area (Å²) in [6.45, 7) is 2.90. The number of rotatable bonds is 4. The van der Waals surface area contributed by atoms with Gasteiger partial charge in [-0.2, -0.15) is 0 Å². The molecule has 0 aromatic heterocycles. The summed E-state index contributed by atoms with van der Waals surface area (Å²) in [7, 11) is 2.09. The molecule has 4 rings (SSSR count). The van der Waals surface area contributed by atoms with Crippen LogP contribution in [0.2, 0.25) is 0 Å². The third kappa shape index (κ3) is 4.06. The van der Waals surface area contributed by atoms with Crippen molar-refractivity contribution in [1.29, 1.82) is 0 Å². The highest BCUT2D eigenvalue weighted by molar-refractivity contribution is 7.92. The van der Waals surface area contributed by atoms with Crippen LogP contribution in [0.4, 0.5) is 4.39 Å². The Balaban J connectivity index is 1.52. The molecule has 0 aliphatic carbocycles. The number of likely N-dealkylation sites (tertiary alicyclic amines) is 2. The lowest BCUT2D eigenvalue weighted by Crippen LogP contribution is -2.52. The average Bonchev–Trinajstić information content (AvgIpc) is 3.25. The number of amides is 1. The van der Waals surface area contributed by atoms with Gasteiger partial charge in [-0.1, -0.05) is 30.3 Å². The Morgan fingerprint density at radius 1 is 1.07 bits per heavy atom. The number of hydrogen-bond donors (Lipinski definition) is 0. The molecule has 0 saturated carbocycles. The van der Waals surface area contributed by atoms with Gasteiger partial charge in [-0.3, -0.25) is 4.79 Å². The topological polar surface area (TPSA) is 46.6 Å². The zero-order valence-electron chi connectivity index (χ0n) is 16.7. The van der Waals surface area contributed by atoms with Gasteiger partial charge in [0.2, 0.25) is 5.91 Å². The maximum Gasteiger partial charge on any atom is 0.233 e. The summed E-state index contributed by atoms with van der Waals surface area (Å²) < 4.78 is 26.1. The molecule has 29 heavy (non-hydrogen) atoms. The van der Waals surface area contributed by atoms with Crippen LogP contribution in [0, 0.1) is 5.82 Å². The van der Waals surface area contributed by atoms with Crippen molar-refractivity contribution < 1.29 is 13.7 Å². The van der Waals surface area contributed by atoms with E-state index in [1.807, 2.05) is 23.1 Å². The lowest BCUT2D eigenvalue weighted by atomic mass is 9.71. The SMILES string of the molecule is CN1CCC(C(=O)N2CCC([S+]([O-])c3ccc(F)cc3)C2)(c2ccccc2)CC1. The van der Waals surface area contributed by atoms with Crippen LogP contribution in [-0.2, 0) is 21.4 Å². The standard InChI is InChI=1S/C23H27FN2O2S/c1-25-15-12-23(13-16-25,18-5-3-2-4-6-18)22(27)26-14-11-21(17-26)29(28)20-9-7-19(24)8-10-20/h2-10,21H,11-17H2,1H3. The van der Waals surface area contributed by atoms with Crippen LogP contribution in [0.1, 0.15) is 24.8 Å². The normalized spacial score (nSPS) is 23.1. The molecule has 2 aromatic carbocycles. The van der Waals surface area contributed by atoms with Crippen molar-refractivity contribution in [3.63, 3.8) is 0 Å². The summed E-state index contributed by atoms with van der Waals surface area (Å²) in [5, 5.41) is -0.108. The lowest BCUT2D eigenvalue weighted by molar-refractivity contribution is -0.138. The van der Waals surface area contributed by atoms with Gasteiger partial charge in [0.25, 0.3) is 0 Å². The lowest BCUT2D eigenvalue weighted by Gasteiger charge is -2.42. The summed E-state index contributed by atoms with van der Waals surface area (Å²) in [6.07, 6.45) is 2.31. The van der Waals surface area contributed by atoms with Crippen LogP contribution in [0.5, 0.6) is 0 Å². The molecule has 0 bridgehead atoms. The van der Waals surface area contributed by atoms with Gasteiger partial charge in [0.15, 0.2) is 4.90 Å². The number of benzene rings is 2. The first-order valence-corrected chi connectivity index (χ1v) is 11.4. The van der Waals surface area contributed by atoms with Gasteiger partial charge in [0.05, 0.1) is 12.0 Å². The van der Waals surface area contributed by atoms with Gasteiger partial charge < -0.3 is 14.4 Å². The second kappa shape index (κ2) is 8.46. The second-order valence-corrected chi connectivity index (χ2v) is 9.90. The maximum atomic E-state index is 13.7. The number of carbonyl (C=O) groups is 1. The third-order valence-electron chi connectivity index (χ3n) is 6.36. The number of nitrogens with zero attached hydrogens (tertiary/aromatic N) is 2. The average molecular weight is 415 g/mol. The molecule has 2 aliphatic heterocycles. The molecule has 2 aliphatic rings. The first-order valence-electron chi connectivity index (χ1n) is 10.2. The molecule has 2 aromatic rings. The van der Waals surface area contributed by atoms with Crippen LogP contribution < -0.4 is 0 Å². The van der Waals surface area contributed by atoms with E-state index >= 15 is 0 Å². The van der Waals surface area contributed by atoms with Gasteiger partial charge in [-0.05, 0) is 74.0 Å². The van der Waals surface area contributed by atoms with E-state index in [0.717, 1.165) is 31.5 Å². The molecule has 0 spiro atoms. The van der Waals surface area contributed by atoms with E-state index in [2.05, 4.69) is 24.1 Å². The second-order valence-electron chi connectivity index (χ2n) is 8.16. The highest BCUT2D eigenvalue weighted by Crippen LogP contribution is 2.38. The van der Waals surface area contributed by atoms with E-state index in [9.17, 15) is 13.7 Å². The molecular weight excluding hydrogens is 387 g/mol. The Bertz CT molecular complexity index is 838. The smallest absolute Gasteiger partial charge is 0.233 e. The fraction of sp³-hybridized carbons (Fsp3) is 0.435. The molecule has 0 radical (unpaired) electrons. The molecule has 2 atom stereocenters. The summed E-state index contributed by atoms with van der Waals surface area (Å²) in [6, 6.07) is 16.0. The van der Waals surface area contributed by atoms with E-state index in [-0.39, 0.29) is 17.0 Å². The Morgan fingerprint density at radius 2 is 1.72 bits per heavy atom. The molecular formula is C23H27FN2O2S. The van der Waals surface area contributed by atoms with Crippen molar-refractivity contribution in [3.8, 4) is 0 Å². The van der Waals surface area contributed by atoms with E-state index in [1.54, 1.807) is 12.1 Å². The van der Waals surface area contributed by atoms with E-state index < -0.39 is 16.6 Å². The van der Waals surface area contributed by atoms with Crippen molar-refractivity contribution in [3.05, 3.63) is 66.0 Å². The van der Waals surface area contributed by atoms with E-state index in [4.69, 9.17) is 0 Å². The largest absolute Gasteiger partial charge is 0.611 e. The van der Waals surface area contributed by atoms with Gasteiger partial charge in [0.1, 0.15) is 11.1 Å². The van der Waals surface area contributed by atoms with Crippen molar-refractivity contribution in [1.82, 2.24) is 9.80 Å². The summed E-state index contributed by atoms with van der Waals surface area (Å²) in [4.78, 5) is 18.5. The number of carbonyl (C=O) groups excluding carboxylic acids is 1. The first-order chi connectivity index (χ1) is 14.0. The summed E-state index contributed by atoms with van der Waals surface area (Å²) in [5.74, 6) is -0.170. The van der Waals surface area contributed by atoms with Crippen molar-refractivity contribution in [2.75, 3.05) is 33.2 Å². The molecule has 4 nitrogen and oxygen atoms in total. The molecule has 1 amide bonds. The maximum absolute atomic E-state index is 13.7. The number of piperidine rings is 1. The fourth-order valence-electron chi connectivity index (χ4n) is 4.53. The predicted octanol–water partition coefficient (Wildman–Crippen LogP) is 3.20. The van der Waals surface area contributed by atoms with Gasteiger partial charge in [-0.15, -0.1) is 0 Å².